The molecule has 4 aromatic rings. The molecule has 39 heavy (non-hydrogen) atoms. The first-order valence-corrected chi connectivity index (χ1v) is 12.7. The molecule has 8 heteroatoms. The maximum Gasteiger partial charge on any atom is 0.343 e. The number of methoxy groups -OCH3 is 2. The summed E-state index contributed by atoms with van der Waals surface area (Å²) in [5.74, 6) is 0.657. The molecule has 0 aliphatic heterocycles. The number of carbonyl (C=O) groups excluding carboxylic acids is 2. The second-order valence-corrected chi connectivity index (χ2v) is 9.97. The van der Waals surface area contributed by atoms with Gasteiger partial charge in [-0.3, -0.25) is 0 Å². The van der Waals surface area contributed by atoms with E-state index in [0.717, 1.165) is 11.1 Å². The Kier molecular flexibility index (Phi) is 8.48. The van der Waals surface area contributed by atoms with Crippen LogP contribution in [0.2, 0.25) is 10.0 Å². The van der Waals surface area contributed by atoms with E-state index >= 15 is 0 Å². The topological polar surface area (TPSA) is 71.1 Å². The van der Waals surface area contributed by atoms with Crippen molar-refractivity contribution < 1.29 is 28.5 Å². The predicted molar refractivity (Wildman–Crippen MR) is 151 cm³/mol. The molecular weight excluding hydrogens is 539 g/mol. The van der Waals surface area contributed by atoms with Crippen LogP contribution in [-0.2, 0) is 5.41 Å². The van der Waals surface area contributed by atoms with E-state index in [1.807, 2.05) is 13.8 Å². The van der Waals surface area contributed by atoms with Gasteiger partial charge in [0.2, 0.25) is 0 Å². The Morgan fingerprint density at radius 2 is 1.00 bits per heavy atom. The monoisotopic (exact) mass is 564 g/mol. The maximum atomic E-state index is 12.6. The quantitative estimate of drug-likeness (QED) is 0.161. The first-order chi connectivity index (χ1) is 18.6. The van der Waals surface area contributed by atoms with Crippen molar-refractivity contribution in [2.45, 2.75) is 19.3 Å². The fourth-order valence-corrected chi connectivity index (χ4v) is 4.92. The van der Waals surface area contributed by atoms with Gasteiger partial charge in [0.05, 0.1) is 25.3 Å². The largest absolute Gasteiger partial charge is 0.497 e. The first-order valence-electron chi connectivity index (χ1n) is 11.9. The van der Waals surface area contributed by atoms with Crippen molar-refractivity contribution in [2.75, 3.05) is 14.2 Å². The lowest BCUT2D eigenvalue weighted by atomic mass is 9.78. The van der Waals surface area contributed by atoms with Crippen LogP contribution in [0.1, 0.15) is 45.7 Å². The summed E-state index contributed by atoms with van der Waals surface area (Å²) in [6.45, 7) is 3.94. The molecule has 4 rings (SSSR count). The number of rotatable bonds is 8. The standard InChI is InChI=1S/C31H26Cl2O6/c1-31(2,25-13-11-23(17-27(25)32)38-29(34)19-7-5-9-21(15-19)36-3)26-14-12-24(18-28(26)33)39-30(35)20-8-6-10-22(16-20)37-4/h5-18H,1-4H3. The van der Waals surface area contributed by atoms with E-state index in [4.69, 9.17) is 42.1 Å². The molecule has 0 heterocycles. The predicted octanol–water partition coefficient (Wildman–Crippen LogP) is 7.77. The molecule has 200 valence electrons. The Morgan fingerprint density at radius 3 is 1.36 bits per heavy atom. The van der Waals surface area contributed by atoms with Crippen molar-refractivity contribution in [3.8, 4) is 23.0 Å². The zero-order chi connectivity index (χ0) is 28.2. The highest BCUT2D eigenvalue weighted by Gasteiger charge is 2.29. The van der Waals surface area contributed by atoms with Gasteiger partial charge >= 0.3 is 11.9 Å². The summed E-state index contributed by atoms with van der Waals surface area (Å²) in [5, 5.41) is 0.807. The number of ether oxygens (including phenoxy) is 4. The lowest BCUT2D eigenvalue weighted by Crippen LogP contribution is -2.20. The highest BCUT2D eigenvalue weighted by Crippen LogP contribution is 2.41. The molecule has 0 spiro atoms. The van der Waals surface area contributed by atoms with Crippen molar-refractivity contribution >= 4 is 35.1 Å². The lowest BCUT2D eigenvalue weighted by Gasteiger charge is -2.28. The Hall–Kier alpha value is -4.00. The van der Waals surface area contributed by atoms with E-state index in [9.17, 15) is 9.59 Å². The van der Waals surface area contributed by atoms with Crippen LogP contribution in [-0.4, -0.2) is 26.2 Å². The minimum atomic E-state index is -0.626. The van der Waals surface area contributed by atoms with E-state index in [0.29, 0.717) is 44.2 Å². The van der Waals surface area contributed by atoms with Crippen molar-refractivity contribution in [3.63, 3.8) is 0 Å². The summed E-state index contributed by atoms with van der Waals surface area (Å²) < 4.78 is 21.4. The first kappa shape index (κ1) is 28.0. The minimum absolute atomic E-state index is 0.304. The van der Waals surface area contributed by atoms with E-state index in [2.05, 4.69) is 0 Å². The molecule has 0 aliphatic carbocycles. The van der Waals surface area contributed by atoms with Crippen LogP contribution in [0.25, 0.3) is 0 Å². The van der Waals surface area contributed by atoms with Gasteiger partial charge in [-0.05, 0) is 71.8 Å². The van der Waals surface area contributed by atoms with Gasteiger partial charge in [-0.15, -0.1) is 0 Å². The number of esters is 2. The Morgan fingerprint density at radius 1 is 0.590 bits per heavy atom. The maximum absolute atomic E-state index is 12.6. The lowest BCUT2D eigenvalue weighted by molar-refractivity contribution is 0.0725. The molecule has 4 aromatic carbocycles. The van der Waals surface area contributed by atoms with Crippen molar-refractivity contribution in [3.05, 3.63) is 117 Å². The summed E-state index contributed by atoms with van der Waals surface area (Å²) in [6.07, 6.45) is 0. The van der Waals surface area contributed by atoms with Gasteiger partial charge < -0.3 is 18.9 Å². The molecule has 0 saturated carbocycles. The van der Waals surface area contributed by atoms with E-state index in [-0.39, 0.29) is 0 Å². The van der Waals surface area contributed by atoms with Crippen molar-refractivity contribution in [1.29, 1.82) is 0 Å². The van der Waals surface area contributed by atoms with Gasteiger partial charge in [0.1, 0.15) is 23.0 Å². The van der Waals surface area contributed by atoms with Crippen LogP contribution in [0.3, 0.4) is 0 Å². The van der Waals surface area contributed by atoms with E-state index < -0.39 is 17.4 Å². The second-order valence-electron chi connectivity index (χ2n) is 9.15. The van der Waals surface area contributed by atoms with Gasteiger partial charge in [-0.1, -0.05) is 61.3 Å². The molecule has 0 N–H and O–H groups in total. The zero-order valence-electron chi connectivity index (χ0n) is 21.8. The third-order valence-corrected chi connectivity index (χ3v) is 6.89. The van der Waals surface area contributed by atoms with Gasteiger partial charge in [0, 0.05) is 15.5 Å². The van der Waals surface area contributed by atoms with Gasteiger partial charge in [0.25, 0.3) is 0 Å². The Balaban J connectivity index is 1.52. The van der Waals surface area contributed by atoms with Gasteiger partial charge in [0.15, 0.2) is 0 Å². The van der Waals surface area contributed by atoms with Crippen molar-refractivity contribution in [2.24, 2.45) is 0 Å². The molecule has 0 bridgehead atoms. The second kappa shape index (κ2) is 11.8. The van der Waals surface area contributed by atoms with Crippen LogP contribution >= 0.6 is 23.2 Å². The highest BCUT2D eigenvalue weighted by atomic mass is 35.5. The summed E-state index contributed by atoms with van der Waals surface area (Å²) >= 11 is 13.3. The molecular formula is C31H26Cl2O6. The normalized spacial score (nSPS) is 11.0. The molecule has 0 unspecified atom stereocenters. The third kappa shape index (κ3) is 6.36. The summed E-state index contributed by atoms with van der Waals surface area (Å²) in [5.41, 5.74) is 1.63. The number of carbonyl (C=O) groups is 2. The Labute approximate surface area is 237 Å². The van der Waals surface area contributed by atoms with Crippen LogP contribution in [0.15, 0.2) is 84.9 Å². The smallest absolute Gasteiger partial charge is 0.343 e. The fraction of sp³-hybridized carbons (Fsp3) is 0.161. The van der Waals surface area contributed by atoms with Gasteiger partial charge in [-0.2, -0.15) is 0 Å². The van der Waals surface area contributed by atoms with Crippen LogP contribution in [0.4, 0.5) is 0 Å². The number of hydrogen-bond donors (Lipinski definition) is 0. The molecule has 0 saturated heterocycles. The third-order valence-electron chi connectivity index (χ3n) is 6.26. The molecule has 0 amide bonds. The molecule has 0 aromatic heterocycles. The summed E-state index contributed by atoms with van der Waals surface area (Å²) in [6, 6.07) is 23.5. The van der Waals surface area contributed by atoms with Crippen LogP contribution in [0, 0.1) is 0 Å². The minimum Gasteiger partial charge on any atom is -0.497 e. The SMILES string of the molecule is COc1cccc(C(=O)Oc2ccc(C(C)(C)c3ccc(OC(=O)c4cccc(OC)c4)cc3Cl)c(Cl)c2)c1. The van der Waals surface area contributed by atoms with Crippen molar-refractivity contribution in [1.82, 2.24) is 0 Å². The molecule has 0 atom stereocenters. The molecule has 0 fully saturated rings. The zero-order valence-corrected chi connectivity index (χ0v) is 23.3. The summed E-state index contributed by atoms with van der Waals surface area (Å²) in [7, 11) is 3.05. The average molecular weight is 565 g/mol. The van der Waals surface area contributed by atoms with Gasteiger partial charge in [-0.25, -0.2) is 9.59 Å². The number of hydrogen-bond acceptors (Lipinski definition) is 6. The van der Waals surface area contributed by atoms with Crippen LogP contribution in [0.5, 0.6) is 23.0 Å². The Bertz CT molecular complexity index is 1420. The van der Waals surface area contributed by atoms with E-state index in [1.54, 1.807) is 84.9 Å². The number of halogens is 2. The molecule has 6 nitrogen and oxygen atoms in total. The fourth-order valence-electron chi connectivity index (χ4n) is 4.11. The number of benzene rings is 4. The highest BCUT2D eigenvalue weighted by molar-refractivity contribution is 6.32. The molecule has 0 aliphatic rings. The van der Waals surface area contributed by atoms with Crippen LogP contribution < -0.4 is 18.9 Å². The summed E-state index contributed by atoms with van der Waals surface area (Å²) in [4.78, 5) is 25.2. The van der Waals surface area contributed by atoms with E-state index in [1.165, 1.54) is 14.2 Å². The average Bonchev–Trinajstić information content (AvgIpc) is 2.92. The molecule has 0 radical (unpaired) electrons.